The second-order valence-electron chi connectivity index (χ2n) is 5.59. The number of hydrogen-bond acceptors (Lipinski definition) is 3. The van der Waals surface area contributed by atoms with Gasteiger partial charge in [-0.2, -0.15) is 0 Å². The molecule has 1 N–H and O–H groups in total. The SMILES string of the molecule is CCOC(=O)c1ccc(NC(=O)C2(CC)CCCC2)cc1. The fourth-order valence-corrected chi connectivity index (χ4v) is 2.96. The molecule has 1 fully saturated rings. The molecule has 0 bridgehead atoms. The van der Waals surface area contributed by atoms with Gasteiger partial charge < -0.3 is 10.1 Å². The average Bonchev–Trinajstić information content (AvgIpc) is 2.98. The largest absolute Gasteiger partial charge is 0.462 e. The van der Waals surface area contributed by atoms with Crippen molar-refractivity contribution >= 4 is 17.6 Å². The third-order valence-corrected chi connectivity index (χ3v) is 4.37. The summed E-state index contributed by atoms with van der Waals surface area (Å²) in [4.78, 5) is 24.1. The van der Waals surface area contributed by atoms with Crippen LogP contribution in [0.2, 0.25) is 0 Å². The van der Waals surface area contributed by atoms with Crippen LogP contribution in [0, 0.1) is 5.41 Å². The Balaban J connectivity index is 2.03. The molecule has 4 nitrogen and oxygen atoms in total. The average molecular weight is 289 g/mol. The molecular formula is C17H23NO3. The van der Waals surface area contributed by atoms with Gasteiger partial charge in [0.05, 0.1) is 12.2 Å². The van der Waals surface area contributed by atoms with Crippen LogP contribution in [-0.4, -0.2) is 18.5 Å². The number of carbonyl (C=O) groups excluding carboxylic acids is 2. The van der Waals surface area contributed by atoms with Crippen LogP contribution in [0.1, 0.15) is 56.3 Å². The molecule has 0 aromatic heterocycles. The van der Waals surface area contributed by atoms with E-state index in [9.17, 15) is 9.59 Å². The third-order valence-electron chi connectivity index (χ3n) is 4.37. The standard InChI is InChI=1S/C17H23NO3/c1-3-17(11-5-6-12-17)16(20)18-14-9-7-13(8-10-14)15(19)21-4-2/h7-10H,3-6,11-12H2,1-2H3,(H,18,20). The van der Waals surface area contributed by atoms with Gasteiger partial charge in [-0.15, -0.1) is 0 Å². The number of ether oxygens (including phenoxy) is 1. The van der Waals surface area contributed by atoms with E-state index in [1.54, 1.807) is 31.2 Å². The highest BCUT2D eigenvalue weighted by Gasteiger charge is 2.39. The molecular weight excluding hydrogens is 266 g/mol. The Morgan fingerprint density at radius 1 is 1.14 bits per heavy atom. The van der Waals surface area contributed by atoms with Crippen molar-refractivity contribution in [2.45, 2.75) is 46.0 Å². The van der Waals surface area contributed by atoms with E-state index in [-0.39, 0.29) is 17.3 Å². The van der Waals surface area contributed by atoms with Crippen molar-refractivity contribution in [1.29, 1.82) is 0 Å². The number of hydrogen-bond donors (Lipinski definition) is 1. The molecule has 0 spiro atoms. The molecule has 0 heterocycles. The molecule has 1 amide bonds. The first kappa shape index (κ1) is 15.5. The lowest BCUT2D eigenvalue weighted by Crippen LogP contribution is -2.33. The van der Waals surface area contributed by atoms with Crippen LogP contribution in [0.3, 0.4) is 0 Å². The molecule has 0 atom stereocenters. The van der Waals surface area contributed by atoms with Gasteiger partial charge >= 0.3 is 5.97 Å². The molecule has 114 valence electrons. The smallest absolute Gasteiger partial charge is 0.338 e. The van der Waals surface area contributed by atoms with Gasteiger partial charge in [0.1, 0.15) is 0 Å². The molecule has 0 unspecified atom stereocenters. The monoisotopic (exact) mass is 289 g/mol. The highest BCUT2D eigenvalue weighted by atomic mass is 16.5. The van der Waals surface area contributed by atoms with Gasteiger partial charge in [-0.05, 0) is 50.5 Å². The van der Waals surface area contributed by atoms with Gasteiger partial charge in [0.15, 0.2) is 0 Å². The molecule has 1 aromatic rings. The first-order chi connectivity index (χ1) is 10.1. The molecule has 21 heavy (non-hydrogen) atoms. The van der Waals surface area contributed by atoms with Gasteiger partial charge in [-0.25, -0.2) is 4.79 Å². The van der Waals surface area contributed by atoms with Gasteiger partial charge in [-0.1, -0.05) is 19.8 Å². The van der Waals surface area contributed by atoms with E-state index in [2.05, 4.69) is 12.2 Å². The summed E-state index contributed by atoms with van der Waals surface area (Å²) in [6.45, 7) is 4.21. The predicted octanol–water partition coefficient (Wildman–Crippen LogP) is 3.77. The van der Waals surface area contributed by atoms with Crippen molar-refractivity contribution in [2.24, 2.45) is 5.41 Å². The number of benzene rings is 1. The minimum atomic E-state index is -0.337. The minimum absolute atomic E-state index is 0.103. The lowest BCUT2D eigenvalue weighted by molar-refractivity contribution is -0.125. The van der Waals surface area contributed by atoms with Crippen LogP contribution >= 0.6 is 0 Å². The Morgan fingerprint density at radius 2 is 1.76 bits per heavy atom. The molecule has 1 saturated carbocycles. The Bertz CT molecular complexity index is 501. The van der Waals surface area contributed by atoms with Gasteiger partial charge in [-0.3, -0.25) is 4.79 Å². The number of nitrogens with one attached hydrogen (secondary N) is 1. The maximum absolute atomic E-state index is 12.5. The molecule has 0 aliphatic heterocycles. The first-order valence-electron chi connectivity index (χ1n) is 7.70. The van der Waals surface area contributed by atoms with Crippen molar-refractivity contribution in [2.75, 3.05) is 11.9 Å². The highest BCUT2D eigenvalue weighted by Crippen LogP contribution is 2.41. The summed E-state index contributed by atoms with van der Waals surface area (Å²) in [7, 11) is 0. The number of carbonyl (C=O) groups is 2. The summed E-state index contributed by atoms with van der Waals surface area (Å²) in [5.74, 6) is -0.234. The first-order valence-corrected chi connectivity index (χ1v) is 7.70. The summed E-state index contributed by atoms with van der Waals surface area (Å²) < 4.78 is 4.94. The summed E-state index contributed by atoms with van der Waals surface area (Å²) in [6, 6.07) is 6.87. The predicted molar refractivity (Wildman–Crippen MR) is 82.2 cm³/mol. The van der Waals surface area contributed by atoms with E-state index in [0.29, 0.717) is 12.2 Å². The van der Waals surface area contributed by atoms with Crippen LogP contribution in [0.15, 0.2) is 24.3 Å². The highest BCUT2D eigenvalue weighted by molar-refractivity contribution is 5.96. The quantitative estimate of drug-likeness (QED) is 0.839. The zero-order chi connectivity index (χ0) is 15.3. The summed E-state index contributed by atoms with van der Waals surface area (Å²) in [6.07, 6.45) is 5.07. The number of rotatable bonds is 5. The normalized spacial score (nSPS) is 16.5. The molecule has 4 heteroatoms. The summed E-state index contributed by atoms with van der Waals surface area (Å²) in [5.41, 5.74) is 1.02. The fourth-order valence-electron chi connectivity index (χ4n) is 2.96. The molecule has 2 rings (SSSR count). The van der Waals surface area contributed by atoms with E-state index in [0.717, 1.165) is 37.8 Å². The Morgan fingerprint density at radius 3 is 2.29 bits per heavy atom. The maximum Gasteiger partial charge on any atom is 0.338 e. The summed E-state index contributed by atoms with van der Waals surface area (Å²) in [5, 5.41) is 2.98. The fraction of sp³-hybridized carbons (Fsp3) is 0.529. The molecule has 0 saturated heterocycles. The molecule has 0 radical (unpaired) electrons. The van der Waals surface area contributed by atoms with E-state index < -0.39 is 0 Å². The lowest BCUT2D eigenvalue weighted by atomic mass is 9.82. The number of amides is 1. The minimum Gasteiger partial charge on any atom is -0.462 e. The zero-order valence-corrected chi connectivity index (χ0v) is 12.8. The Kier molecular flexibility index (Phi) is 4.99. The second-order valence-corrected chi connectivity index (χ2v) is 5.59. The van der Waals surface area contributed by atoms with E-state index in [1.165, 1.54) is 0 Å². The van der Waals surface area contributed by atoms with Crippen molar-refractivity contribution < 1.29 is 14.3 Å². The van der Waals surface area contributed by atoms with Crippen molar-refractivity contribution in [3.05, 3.63) is 29.8 Å². The van der Waals surface area contributed by atoms with Crippen LogP contribution in [0.25, 0.3) is 0 Å². The third kappa shape index (κ3) is 3.43. The lowest BCUT2D eigenvalue weighted by Gasteiger charge is -2.26. The Labute approximate surface area is 125 Å². The van der Waals surface area contributed by atoms with E-state index in [4.69, 9.17) is 4.74 Å². The number of esters is 1. The van der Waals surface area contributed by atoms with Crippen molar-refractivity contribution in [1.82, 2.24) is 0 Å². The van der Waals surface area contributed by atoms with Crippen LogP contribution < -0.4 is 5.32 Å². The molecule has 1 aliphatic rings. The van der Waals surface area contributed by atoms with Gasteiger partial charge in [0.25, 0.3) is 0 Å². The second kappa shape index (κ2) is 6.74. The van der Waals surface area contributed by atoms with Crippen molar-refractivity contribution in [3.63, 3.8) is 0 Å². The van der Waals surface area contributed by atoms with Gasteiger partial charge in [0.2, 0.25) is 5.91 Å². The topological polar surface area (TPSA) is 55.4 Å². The molecule has 1 aliphatic carbocycles. The Hall–Kier alpha value is -1.84. The van der Waals surface area contributed by atoms with Crippen LogP contribution in [0.5, 0.6) is 0 Å². The van der Waals surface area contributed by atoms with E-state index in [1.807, 2.05) is 0 Å². The van der Waals surface area contributed by atoms with Crippen molar-refractivity contribution in [3.8, 4) is 0 Å². The maximum atomic E-state index is 12.5. The van der Waals surface area contributed by atoms with Crippen LogP contribution in [-0.2, 0) is 9.53 Å². The zero-order valence-electron chi connectivity index (χ0n) is 12.8. The van der Waals surface area contributed by atoms with Crippen LogP contribution in [0.4, 0.5) is 5.69 Å². The summed E-state index contributed by atoms with van der Waals surface area (Å²) >= 11 is 0. The molecule has 1 aromatic carbocycles. The van der Waals surface area contributed by atoms with Gasteiger partial charge in [0, 0.05) is 11.1 Å². The van der Waals surface area contributed by atoms with E-state index >= 15 is 0 Å². The number of anilines is 1.